The smallest absolute Gasteiger partial charge is 0.407 e. The summed E-state index contributed by atoms with van der Waals surface area (Å²) in [5.74, 6) is 0. The third-order valence-electron chi connectivity index (χ3n) is 2.40. The van der Waals surface area contributed by atoms with Crippen molar-refractivity contribution in [1.29, 1.82) is 0 Å². The van der Waals surface area contributed by atoms with Gasteiger partial charge in [0.1, 0.15) is 6.61 Å². The molecular weight excluding hydrogens is 242 g/mol. The van der Waals surface area contributed by atoms with Crippen molar-refractivity contribution < 1.29 is 9.53 Å². The van der Waals surface area contributed by atoms with E-state index in [0.717, 1.165) is 11.3 Å². The van der Waals surface area contributed by atoms with Crippen LogP contribution in [0.5, 0.6) is 0 Å². The number of carbonyl (C=O) groups excluding carboxylic acids is 1. The molecule has 2 N–H and O–H groups in total. The average Bonchev–Trinajstić information content (AvgIpc) is 2.96. The molecule has 0 spiro atoms. The predicted molar refractivity (Wildman–Crippen MR) is 72.3 cm³/mol. The van der Waals surface area contributed by atoms with Crippen molar-refractivity contribution >= 4 is 12.2 Å². The SMILES string of the molecule is O=C(NCC=Cc1ccn[nH]1)OCc1ccccc1. The van der Waals surface area contributed by atoms with Gasteiger partial charge in [0, 0.05) is 12.7 Å². The molecule has 19 heavy (non-hydrogen) atoms. The maximum Gasteiger partial charge on any atom is 0.407 e. The first-order valence-corrected chi connectivity index (χ1v) is 5.95. The summed E-state index contributed by atoms with van der Waals surface area (Å²) in [7, 11) is 0. The molecular formula is C14H15N3O2. The molecule has 5 heteroatoms. The van der Waals surface area contributed by atoms with Crippen molar-refractivity contribution in [3.8, 4) is 0 Å². The van der Waals surface area contributed by atoms with Crippen LogP contribution in [-0.4, -0.2) is 22.8 Å². The highest BCUT2D eigenvalue weighted by atomic mass is 16.5. The Morgan fingerprint density at radius 1 is 1.32 bits per heavy atom. The van der Waals surface area contributed by atoms with E-state index in [2.05, 4.69) is 15.5 Å². The first kappa shape index (κ1) is 12.9. The van der Waals surface area contributed by atoms with E-state index < -0.39 is 6.09 Å². The minimum absolute atomic E-state index is 0.275. The Bertz CT molecular complexity index is 521. The Labute approximate surface area is 111 Å². The van der Waals surface area contributed by atoms with E-state index in [0.29, 0.717) is 6.54 Å². The summed E-state index contributed by atoms with van der Waals surface area (Å²) in [5.41, 5.74) is 1.85. The first-order chi connectivity index (χ1) is 9.34. The molecule has 2 aromatic rings. The number of carbonyl (C=O) groups is 1. The van der Waals surface area contributed by atoms with Gasteiger partial charge in [0.15, 0.2) is 0 Å². The third kappa shape index (κ3) is 4.67. The van der Waals surface area contributed by atoms with Crippen molar-refractivity contribution in [1.82, 2.24) is 15.5 Å². The fraction of sp³-hybridized carbons (Fsp3) is 0.143. The van der Waals surface area contributed by atoms with Crippen LogP contribution in [0.1, 0.15) is 11.3 Å². The van der Waals surface area contributed by atoms with Gasteiger partial charge in [-0.1, -0.05) is 36.4 Å². The van der Waals surface area contributed by atoms with Crippen LogP contribution in [0.3, 0.4) is 0 Å². The number of benzene rings is 1. The summed E-state index contributed by atoms with van der Waals surface area (Å²) in [4.78, 5) is 11.4. The maximum atomic E-state index is 11.4. The number of nitrogens with zero attached hydrogens (tertiary/aromatic N) is 1. The molecule has 98 valence electrons. The Morgan fingerprint density at radius 2 is 2.16 bits per heavy atom. The minimum atomic E-state index is -0.432. The molecule has 2 rings (SSSR count). The lowest BCUT2D eigenvalue weighted by Crippen LogP contribution is -2.24. The van der Waals surface area contributed by atoms with Crippen LogP contribution in [0.2, 0.25) is 0 Å². The zero-order chi connectivity index (χ0) is 13.3. The minimum Gasteiger partial charge on any atom is -0.445 e. The number of alkyl carbamates (subject to hydrolysis) is 1. The number of amides is 1. The second-order valence-corrected chi connectivity index (χ2v) is 3.86. The van der Waals surface area contributed by atoms with Crippen LogP contribution < -0.4 is 5.32 Å². The van der Waals surface area contributed by atoms with Gasteiger partial charge in [-0.2, -0.15) is 5.10 Å². The van der Waals surface area contributed by atoms with Gasteiger partial charge in [-0.05, 0) is 17.7 Å². The monoisotopic (exact) mass is 257 g/mol. The van der Waals surface area contributed by atoms with Crippen LogP contribution in [0.25, 0.3) is 6.08 Å². The Hall–Kier alpha value is -2.56. The molecule has 0 saturated carbocycles. The highest BCUT2D eigenvalue weighted by Crippen LogP contribution is 2.00. The summed E-state index contributed by atoms with van der Waals surface area (Å²) in [6, 6.07) is 11.4. The molecule has 0 unspecified atom stereocenters. The fourth-order valence-corrected chi connectivity index (χ4v) is 1.46. The van der Waals surface area contributed by atoms with Gasteiger partial charge in [0.2, 0.25) is 0 Å². The van der Waals surface area contributed by atoms with Crippen LogP contribution in [0.15, 0.2) is 48.7 Å². The lowest BCUT2D eigenvalue weighted by molar-refractivity contribution is 0.141. The zero-order valence-electron chi connectivity index (χ0n) is 10.4. The summed E-state index contributed by atoms with van der Waals surface area (Å²) >= 11 is 0. The number of H-pyrrole nitrogens is 1. The lowest BCUT2D eigenvalue weighted by Gasteiger charge is -2.04. The second kappa shape index (κ2) is 7.00. The summed E-state index contributed by atoms with van der Waals surface area (Å²) in [6.07, 6.45) is 4.89. The zero-order valence-corrected chi connectivity index (χ0v) is 10.4. The molecule has 0 bridgehead atoms. The number of rotatable bonds is 5. The van der Waals surface area contributed by atoms with Crippen LogP contribution in [-0.2, 0) is 11.3 Å². The lowest BCUT2D eigenvalue weighted by atomic mass is 10.2. The fourth-order valence-electron chi connectivity index (χ4n) is 1.46. The van der Waals surface area contributed by atoms with E-state index in [1.165, 1.54) is 0 Å². The summed E-state index contributed by atoms with van der Waals surface area (Å²) in [5, 5.41) is 9.23. The molecule has 0 atom stereocenters. The Balaban J connectivity index is 1.65. The number of hydrogen-bond donors (Lipinski definition) is 2. The Kier molecular flexibility index (Phi) is 4.75. The van der Waals surface area contributed by atoms with Crippen molar-refractivity contribution in [3.05, 3.63) is 59.9 Å². The van der Waals surface area contributed by atoms with Gasteiger partial charge in [-0.3, -0.25) is 5.10 Å². The molecule has 0 aliphatic rings. The van der Waals surface area contributed by atoms with Crippen LogP contribution in [0, 0.1) is 0 Å². The molecule has 0 radical (unpaired) electrons. The molecule has 0 fully saturated rings. The normalized spacial score (nSPS) is 10.5. The number of nitrogens with one attached hydrogen (secondary N) is 2. The van der Waals surface area contributed by atoms with E-state index in [4.69, 9.17) is 4.74 Å². The van der Waals surface area contributed by atoms with E-state index in [1.807, 2.05) is 48.6 Å². The van der Waals surface area contributed by atoms with Gasteiger partial charge in [-0.25, -0.2) is 4.79 Å². The molecule has 0 saturated heterocycles. The topological polar surface area (TPSA) is 67.0 Å². The number of aromatic nitrogens is 2. The van der Waals surface area contributed by atoms with Crippen molar-refractivity contribution in [2.45, 2.75) is 6.61 Å². The average molecular weight is 257 g/mol. The van der Waals surface area contributed by atoms with Gasteiger partial charge in [-0.15, -0.1) is 0 Å². The van der Waals surface area contributed by atoms with Crippen molar-refractivity contribution in [2.24, 2.45) is 0 Å². The van der Waals surface area contributed by atoms with Gasteiger partial charge in [0.05, 0.1) is 5.69 Å². The number of ether oxygens (including phenoxy) is 1. The van der Waals surface area contributed by atoms with E-state index in [1.54, 1.807) is 6.20 Å². The molecule has 1 heterocycles. The molecule has 1 aromatic carbocycles. The quantitative estimate of drug-likeness (QED) is 0.864. The largest absolute Gasteiger partial charge is 0.445 e. The molecule has 1 aromatic heterocycles. The summed E-state index contributed by atoms with van der Waals surface area (Å²) < 4.78 is 5.06. The number of aromatic amines is 1. The molecule has 0 aliphatic carbocycles. The molecule has 1 amide bonds. The van der Waals surface area contributed by atoms with E-state index in [-0.39, 0.29) is 6.61 Å². The highest BCUT2D eigenvalue weighted by Gasteiger charge is 1.99. The molecule has 0 aliphatic heterocycles. The predicted octanol–water partition coefficient (Wildman–Crippen LogP) is 2.35. The van der Waals surface area contributed by atoms with Crippen molar-refractivity contribution in [2.75, 3.05) is 6.54 Å². The summed E-state index contributed by atoms with van der Waals surface area (Å²) in [6.45, 7) is 0.684. The third-order valence-corrected chi connectivity index (χ3v) is 2.40. The van der Waals surface area contributed by atoms with E-state index >= 15 is 0 Å². The maximum absolute atomic E-state index is 11.4. The van der Waals surface area contributed by atoms with E-state index in [9.17, 15) is 4.79 Å². The van der Waals surface area contributed by atoms with Gasteiger partial charge < -0.3 is 10.1 Å². The Morgan fingerprint density at radius 3 is 2.89 bits per heavy atom. The highest BCUT2D eigenvalue weighted by molar-refractivity contribution is 5.67. The van der Waals surface area contributed by atoms with Crippen LogP contribution >= 0.6 is 0 Å². The standard InChI is InChI=1S/C14H15N3O2/c18-14(19-11-12-5-2-1-3-6-12)15-9-4-7-13-8-10-16-17-13/h1-8,10H,9,11H2,(H,15,18)(H,16,17). The van der Waals surface area contributed by atoms with Crippen LogP contribution in [0.4, 0.5) is 4.79 Å². The first-order valence-electron chi connectivity index (χ1n) is 5.95. The second-order valence-electron chi connectivity index (χ2n) is 3.86. The number of hydrogen-bond acceptors (Lipinski definition) is 3. The van der Waals surface area contributed by atoms with Gasteiger partial charge >= 0.3 is 6.09 Å². The van der Waals surface area contributed by atoms with Crippen molar-refractivity contribution in [3.63, 3.8) is 0 Å². The molecule has 5 nitrogen and oxygen atoms in total. The van der Waals surface area contributed by atoms with Gasteiger partial charge in [0.25, 0.3) is 0 Å².